The average molecular weight is 783 g/mol. The first kappa shape index (κ1) is 49.2. The molecule has 2 heterocycles. The van der Waals surface area contributed by atoms with E-state index in [0.717, 1.165) is 12.8 Å². The van der Waals surface area contributed by atoms with E-state index >= 15 is 0 Å². The lowest BCUT2D eigenvalue weighted by atomic mass is 9.92. The maximum absolute atomic E-state index is 13.1. The van der Waals surface area contributed by atoms with Gasteiger partial charge in [0.15, 0.2) is 0 Å². The van der Waals surface area contributed by atoms with Crippen LogP contribution in [-0.4, -0.2) is 5.78 Å². The van der Waals surface area contributed by atoms with Crippen molar-refractivity contribution in [2.45, 2.75) is 271 Å². The molecule has 0 spiro atoms. The van der Waals surface area contributed by atoms with Gasteiger partial charge in [0, 0.05) is 9.75 Å². The number of unbranched alkanes of at least 4 members (excludes halogenated alkanes) is 34. The number of Topliss-reactive ketones (excluding diaryl/α,β-unsaturated/α-hetero) is 1. The Morgan fingerprint density at radius 2 is 0.611 bits per heavy atom. The molecule has 0 N–H and O–H groups in total. The Morgan fingerprint density at radius 1 is 0.389 bits per heavy atom. The zero-order valence-corrected chi connectivity index (χ0v) is 38.1. The Hall–Kier alpha value is -0.930. The van der Waals surface area contributed by atoms with Gasteiger partial charge in [0.25, 0.3) is 0 Å². The molecule has 312 valence electrons. The Balaban J connectivity index is 1.50. The van der Waals surface area contributed by atoms with Crippen LogP contribution in [0, 0.1) is 0 Å². The molecule has 0 atom stereocenters. The third-order valence-electron chi connectivity index (χ3n) is 12.1. The van der Waals surface area contributed by atoms with Crippen molar-refractivity contribution in [3.05, 3.63) is 43.8 Å². The number of thiophene rings is 2. The smallest absolute Gasteiger partial charge is 0.143 e. The molecule has 54 heavy (non-hydrogen) atoms. The molecule has 0 aromatic carbocycles. The summed E-state index contributed by atoms with van der Waals surface area (Å²) >= 11 is 3.64. The van der Waals surface area contributed by atoms with E-state index in [1.165, 1.54) is 252 Å². The molecule has 2 aromatic rings. The minimum atomic E-state index is -0.0545. The number of carbonyl (C=O) groups excluding carboxylic acids is 1. The second-order valence-corrected chi connectivity index (χ2v) is 19.1. The predicted octanol–water partition coefficient (Wildman–Crippen LogP) is 18.7. The van der Waals surface area contributed by atoms with Gasteiger partial charge >= 0.3 is 0 Å². The molecule has 0 unspecified atom stereocenters. The van der Waals surface area contributed by atoms with Gasteiger partial charge < -0.3 is 0 Å². The van der Waals surface area contributed by atoms with Crippen molar-refractivity contribution in [3.8, 4) is 0 Å². The first-order valence-electron chi connectivity index (χ1n) is 24.3. The number of hydrogen-bond acceptors (Lipinski definition) is 3. The molecule has 0 aliphatic rings. The first-order valence-corrected chi connectivity index (χ1v) is 26.1. The molecule has 0 amide bonds. The van der Waals surface area contributed by atoms with Crippen molar-refractivity contribution in [3.63, 3.8) is 0 Å². The molecule has 2 rings (SSSR count). The molecule has 0 aliphatic carbocycles. The highest BCUT2D eigenvalue weighted by molar-refractivity contribution is 7.12. The van der Waals surface area contributed by atoms with E-state index in [9.17, 15) is 4.79 Å². The number of ketones is 1. The van der Waals surface area contributed by atoms with Gasteiger partial charge in [-0.15, -0.1) is 22.7 Å². The van der Waals surface area contributed by atoms with Gasteiger partial charge in [0.2, 0.25) is 0 Å². The lowest BCUT2D eigenvalue weighted by Crippen LogP contribution is -2.11. The highest BCUT2D eigenvalue weighted by atomic mass is 32.1. The Kier molecular flexibility index (Phi) is 33.2. The predicted molar refractivity (Wildman–Crippen MR) is 246 cm³/mol. The fourth-order valence-corrected chi connectivity index (χ4v) is 10.9. The third kappa shape index (κ3) is 25.3. The topological polar surface area (TPSA) is 17.1 Å². The number of hydrogen-bond donors (Lipinski definition) is 0. The Morgan fingerprint density at radius 3 is 0.833 bits per heavy atom. The summed E-state index contributed by atoms with van der Waals surface area (Å²) in [7, 11) is 0. The van der Waals surface area contributed by atoms with Crippen LogP contribution in [0.3, 0.4) is 0 Å². The lowest BCUT2D eigenvalue weighted by molar-refractivity contribution is -0.117. The van der Waals surface area contributed by atoms with E-state index in [1.54, 1.807) is 0 Å². The van der Waals surface area contributed by atoms with Gasteiger partial charge in [-0.25, -0.2) is 0 Å². The molecule has 0 saturated carbocycles. The molecule has 2 aromatic heterocycles. The largest absolute Gasteiger partial charge is 0.299 e. The van der Waals surface area contributed by atoms with Crippen LogP contribution in [0.25, 0.3) is 0 Å². The van der Waals surface area contributed by atoms with Gasteiger partial charge in [0.05, 0.1) is 5.92 Å². The van der Waals surface area contributed by atoms with Gasteiger partial charge in [-0.05, 0) is 66.6 Å². The Labute approximate surface area is 346 Å². The highest BCUT2D eigenvalue weighted by Crippen LogP contribution is 2.38. The van der Waals surface area contributed by atoms with E-state index < -0.39 is 0 Å². The van der Waals surface area contributed by atoms with Crippen LogP contribution in [-0.2, 0) is 17.6 Å². The van der Waals surface area contributed by atoms with Crippen molar-refractivity contribution < 1.29 is 4.79 Å². The summed E-state index contributed by atoms with van der Waals surface area (Å²) in [6, 6.07) is 4.63. The standard InChI is InChI=1S/C51H90OS2/c1-4-6-8-10-12-14-16-18-20-22-24-26-28-30-32-34-36-38-40-47-42-44-53-50(47)49(46(3)52)51-48(43-45-54-51)41-39-37-35-33-31-29-27-25-23-21-19-17-15-13-11-9-7-5-2/h42-45,49H,4-41H2,1-3H3. The fraction of sp³-hybridized carbons (Fsp3) is 0.824. The van der Waals surface area contributed by atoms with Crippen molar-refractivity contribution in [2.75, 3.05) is 0 Å². The molecule has 3 heteroatoms. The summed E-state index contributed by atoms with van der Waals surface area (Å²) in [6.45, 7) is 6.43. The summed E-state index contributed by atoms with van der Waals surface area (Å²) < 4.78 is 0. The average Bonchev–Trinajstić information content (AvgIpc) is 3.83. The summed E-state index contributed by atoms with van der Waals surface area (Å²) in [4.78, 5) is 15.8. The molecular weight excluding hydrogens is 693 g/mol. The molecule has 0 radical (unpaired) electrons. The van der Waals surface area contributed by atoms with Crippen LogP contribution in [0.2, 0.25) is 0 Å². The van der Waals surface area contributed by atoms with E-state index in [1.807, 2.05) is 29.6 Å². The van der Waals surface area contributed by atoms with Crippen LogP contribution in [0.1, 0.15) is 279 Å². The SMILES string of the molecule is CCCCCCCCCCCCCCCCCCCCc1ccsc1C(C(C)=O)c1sccc1CCCCCCCCCCCCCCCCCCCC. The van der Waals surface area contributed by atoms with Crippen molar-refractivity contribution in [1.82, 2.24) is 0 Å². The van der Waals surface area contributed by atoms with Crippen LogP contribution in [0.5, 0.6) is 0 Å². The monoisotopic (exact) mass is 783 g/mol. The number of aryl methyl sites for hydroxylation is 2. The van der Waals surface area contributed by atoms with E-state index in [4.69, 9.17) is 0 Å². The molecular formula is C51H90OS2. The van der Waals surface area contributed by atoms with E-state index in [0.29, 0.717) is 5.78 Å². The molecule has 0 bridgehead atoms. The lowest BCUT2D eigenvalue weighted by Gasteiger charge is -2.16. The molecule has 0 saturated heterocycles. The maximum atomic E-state index is 13.1. The third-order valence-corrected chi connectivity index (χ3v) is 14.1. The van der Waals surface area contributed by atoms with Gasteiger partial charge in [-0.3, -0.25) is 4.79 Å². The quantitative estimate of drug-likeness (QED) is 0.0614. The van der Waals surface area contributed by atoms with Gasteiger partial charge in [-0.1, -0.05) is 232 Å². The minimum Gasteiger partial charge on any atom is -0.299 e. The van der Waals surface area contributed by atoms with E-state index in [-0.39, 0.29) is 5.92 Å². The summed E-state index contributed by atoms with van der Waals surface area (Å²) in [5.74, 6) is 0.263. The summed E-state index contributed by atoms with van der Waals surface area (Å²) in [5, 5.41) is 4.47. The van der Waals surface area contributed by atoms with Crippen molar-refractivity contribution in [2.24, 2.45) is 0 Å². The van der Waals surface area contributed by atoms with Gasteiger partial charge in [-0.2, -0.15) is 0 Å². The molecule has 0 fully saturated rings. The van der Waals surface area contributed by atoms with Gasteiger partial charge in [0.1, 0.15) is 5.78 Å². The second kappa shape index (κ2) is 36.4. The molecule has 0 aliphatic heterocycles. The van der Waals surface area contributed by atoms with Crippen LogP contribution in [0.15, 0.2) is 22.9 Å². The summed E-state index contributed by atoms with van der Waals surface area (Å²) in [5.41, 5.74) is 2.87. The van der Waals surface area contributed by atoms with Crippen LogP contribution >= 0.6 is 22.7 Å². The minimum absolute atomic E-state index is 0.0545. The fourth-order valence-electron chi connectivity index (χ4n) is 8.54. The van der Waals surface area contributed by atoms with Crippen molar-refractivity contribution in [1.29, 1.82) is 0 Å². The number of rotatable bonds is 41. The van der Waals surface area contributed by atoms with Crippen LogP contribution in [0.4, 0.5) is 0 Å². The van der Waals surface area contributed by atoms with E-state index in [2.05, 4.69) is 36.7 Å². The highest BCUT2D eigenvalue weighted by Gasteiger charge is 2.26. The zero-order chi connectivity index (χ0) is 38.6. The maximum Gasteiger partial charge on any atom is 0.143 e. The van der Waals surface area contributed by atoms with Crippen LogP contribution < -0.4 is 0 Å². The molecule has 1 nitrogen and oxygen atoms in total. The summed E-state index contributed by atoms with van der Waals surface area (Å²) in [6.07, 6.45) is 53.2. The normalized spacial score (nSPS) is 11.7. The first-order chi connectivity index (χ1) is 26.7. The van der Waals surface area contributed by atoms with Crippen molar-refractivity contribution >= 4 is 28.5 Å². The second-order valence-electron chi connectivity index (χ2n) is 17.2. The number of carbonyl (C=O) groups is 1. The zero-order valence-electron chi connectivity index (χ0n) is 36.5. The Bertz CT molecular complexity index is 1000.